The summed E-state index contributed by atoms with van der Waals surface area (Å²) in [5, 5.41) is 0. The van der Waals surface area contributed by atoms with Gasteiger partial charge in [-0.05, 0) is 35.7 Å². The van der Waals surface area contributed by atoms with E-state index in [2.05, 4.69) is 0 Å². The van der Waals surface area contributed by atoms with Gasteiger partial charge in [-0.3, -0.25) is 0 Å². The van der Waals surface area contributed by atoms with Crippen molar-refractivity contribution in [2.75, 3.05) is 0 Å². The molecule has 0 nitrogen and oxygen atoms in total. The first-order valence-corrected chi connectivity index (χ1v) is 7.53. The number of hydrogen-bond donors (Lipinski definition) is 0. The first-order valence-electron chi connectivity index (χ1n) is 7.53. The predicted molar refractivity (Wildman–Crippen MR) is 91.9 cm³/mol. The molecule has 0 radical (unpaired) electrons. The highest BCUT2D eigenvalue weighted by Gasteiger charge is 2.06. The summed E-state index contributed by atoms with van der Waals surface area (Å²) in [6, 6.07) is 16.4. The largest absolute Gasteiger partial charge is 0.206 e. The van der Waals surface area contributed by atoms with Crippen LogP contribution in [-0.2, 0) is 0 Å². The second-order valence-corrected chi connectivity index (χ2v) is 5.58. The molecule has 0 saturated heterocycles. The van der Waals surface area contributed by atoms with E-state index in [9.17, 15) is 13.2 Å². The lowest BCUT2D eigenvalue weighted by molar-refractivity contribution is 0.507. The van der Waals surface area contributed by atoms with E-state index in [1.54, 1.807) is 24.3 Å². The van der Waals surface area contributed by atoms with Crippen molar-refractivity contribution in [1.82, 2.24) is 0 Å². The summed E-state index contributed by atoms with van der Waals surface area (Å²) in [6.45, 7) is 1.84. The van der Waals surface area contributed by atoms with Crippen LogP contribution >= 0.6 is 0 Å². The first-order chi connectivity index (χ1) is 11.5. The number of halogens is 3. The van der Waals surface area contributed by atoms with Gasteiger partial charge in [0.05, 0.1) is 0 Å². The maximum atomic E-state index is 14.0. The van der Waals surface area contributed by atoms with Gasteiger partial charge in [0.15, 0.2) is 11.6 Å². The molecule has 0 unspecified atom stereocenters. The minimum Gasteiger partial charge on any atom is -0.206 e. The topological polar surface area (TPSA) is 0 Å². The Hall–Kier alpha value is -2.81. The lowest BCUT2D eigenvalue weighted by Crippen LogP contribution is -1.87. The molecule has 0 bridgehead atoms. The molecule has 0 N–H and O–H groups in total. The van der Waals surface area contributed by atoms with Crippen molar-refractivity contribution in [3.05, 3.63) is 94.8 Å². The summed E-state index contributed by atoms with van der Waals surface area (Å²) < 4.78 is 40.8. The minimum atomic E-state index is -0.873. The molecular formula is C21H15F3. The van der Waals surface area contributed by atoms with E-state index in [-0.39, 0.29) is 11.4 Å². The smallest absolute Gasteiger partial charge is 0.166 e. The van der Waals surface area contributed by atoms with Crippen molar-refractivity contribution in [2.24, 2.45) is 0 Å². The van der Waals surface area contributed by atoms with E-state index in [0.29, 0.717) is 5.56 Å². The fraction of sp³-hybridized carbons (Fsp3) is 0.0476. The summed E-state index contributed by atoms with van der Waals surface area (Å²) in [4.78, 5) is 0. The summed E-state index contributed by atoms with van der Waals surface area (Å²) >= 11 is 0. The Morgan fingerprint density at radius 2 is 1.50 bits per heavy atom. The monoisotopic (exact) mass is 324 g/mol. The predicted octanol–water partition coefficient (Wildman–Crippen LogP) is 6.25. The molecule has 24 heavy (non-hydrogen) atoms. The van der Waals surface area contributed by atoms with Gasteiger partial charge in [-0.15, -0.1) is 0 Å². The number of hydrogen-bond acceptors (Lipinski definition) is 0. The van der Waals surface area contributed by atoms with Crippen LogP contribution in [0.1, 0.15) is 16.7 Å². The highest BCUT2D eigenvalue weighted by Crippen LogP contribution is 2.24. The van der Waals surface area contributed by atoms with Gasteiger partial charge >= 0.3 is 0 Å². The average Bonchev–Trinajstić information content (AvgIpc) is 2.57. The average molecular weight is 324 g/mol. The van der Waals surface area contributed by atoms with E-state index in [1.165, 1.54) is 24.3 Å². The van der Waals surface area contributed by atoms with Crippen molar-refractivity contribution >= 4 is 12.2 Å². The molecule has 3 heteroatoms. The quantitative estimate of drug-likeness (QED) is 0.500. The van der Waals surface area contributed by atoms with Crippen LogP contribution in [-0.4, -0.2) is 0 Å². The molecule has 0 spiro atoms. The maximum absolute atomic E-state index is 14.0. The van der Waals surface area contributed by atoms with E-state index >= 15 is 0 Å². The summed E-state index contributed by atoms with van der Waals surface area (Å²) in [5.74, 6) is -2.01. The summed E-state index contributed by atoms with van der Waals surface area (Å²) in [5.41, 5.74) is 3.17. The van der Waals surface area contributed by atoms with Gasteiger partial charge in [0, 0.05) is 11.1 Å². The second-order valence-electron chi connectivity index (χ2n) is 5.58. The third-order valence-electron chi connectivity index (χ3n) is 3.78. The van der Waals surface area contributed by atoms with Crippen molar-refractivity contribution in [3.8, 4) is 11.1 Å². The lowest BCUT2D eigenvalue weighted by atomic mass is 10.0. The molecule has 0 saturated carbocycles. The minimum absolute atomic E-state index is 0.184. The molecule has 0 heterocycles. The molecule has 0 fully saturated rings. The van der Waals surface area contributed by atoms with Crippen LogP contribution in [0.5, 0.6) is 0 Å². The third-order valence-corrected chi connectivity index (χ3v) is 3.78. The van der Waals surface area contributed by atoms with Gasteiger partial charge in [-0.1, -0.05) is 60.7 Å². The third kappa shape index (κ3) is 3.40. The van der Waals surface area contributed by atoms with Gasteiger partial charge < -0.3 is 0 Å². The Morgan fingerprint density at radius 3 is 2.21 bits per heavy atom. The molecule has 0 aliphatic heterocycles. The normalized spacial score (nSPS) is 11.2. The van der Waals surface area contributed by atoms with Crippen LogP contribution in [0.15, 0.2) is 60.7 Å². The second kappa shape index (κ2) is 6.75. The van der Waals surface area contributed by atoms with Crippen LogP contribution in [0.3, 0.4) is 0 Å². The van der Waals surface area contributed by atoms with Crippen LogP contribution < -0.4 is 0 Å². The summed E-state index contributed by atoms with van der Waals surface area (Å²) in [6.07, 6.45) is 3.20. The van der Waals surface area contributed by atoms with Gasteiger partial charge in [-0.2, -0.15) is 0 Å². The van der Waals surface area contributed by atoms with E-state index in [1.807, 2.05) is 25.1 Å². The molecule has 3 aromatic rings. The Kier molecular flexibility index (Phi) is 4.52. The first kappa shape index (κ1) is 16.1. The molecule has 0 aliphatic carbocycles. The number of benzene rings is 3. The van der Waals surface area contributed by atoms with Gasteiger partial charge in [0.25, 0.3) is 0 Å². The standard InChI is InChI=1S/C21H15F3/c1-14-5-12-18(20(23)13-14)16-9-6-15(7-10-16)8-11-17-3-2-4-19(22)21(17)24/h2-13H,1H3. The van der Waals surface area contributed by atoms with Crippen LogP contribution in [0.4, 0.5) is 13.2 Å². The van der Waals surface area contributed by atoms with Gasteiger partial charge in [0.1, 0.15) is 5.82 Å². The van der Waals surface area contributed by atoms with Crippen molar-refractivity contribution in [3.63, 3.8) is 0 Å². The van der Waals surface area contributed by atoms with Crippen LogP contribution in [0.2, 0.25) is 0 Å². The van der Waals surface area contributed by atoms with Gasteiger partial charge in [0.2, 0.25) is 0 Å². The van der Waals surface area contributed by atoms with E-state index in [0.717, 1.165) is 22.8 Å². The molecule has 120 valence electrons. The zero-order valence-corrected chi connectivity index (χ0v) is 13.1. The van der Waals surface area contributed by atoms with Crippen LogP contribution in [0.25, 0.3) is 23.3 Å². The molecule has 3 rings (SSSR count). The fourth-order valence-electron chi connectivity index (χ4n) is 2.46. The fourth-order valence-corrected chi connectivity index (χ4v) is 2.46. The Morgan fingerprint density at radius 1 is 0.750 bits per heavy atom. The molecule has 0 amide bonds. The number of aryl methyl sites for hydroxylation is 1. The Bertz CT molecular complexity index is 893. The Labute approximate surface area is 138 Å². The van der Waals surface area contributed by atoms with Crippen LogP contribution in [0, 0.1) is 24.4 Å². The molecule has 3 aromatic carbocycles. The number of rotatable bonds is 3. The van der Waals surface area contributed by atoms with Crippen molar-refractivity contribution < 1.29 is 13.2 Å². The molecule has 0 aromatic heterocycles. The maximum Gasteiger partial charge on any atom is 0.166 e. The molecular weight excluding hydrogens is 309 g/mol. The Balaban J connectivity index is 1.84. The molecule has 0 aliphatic rings. The zero-order chi connectivity index (χ0) is 17.1. The lowest BCUT2D eigenvalue weighted by Gasteiger charge is -2.05. The highest BCUT2D eigenvalue weighted by atomic mass is 19.2. The zero-order valence-electron chi connectivity index (χ0n) is 13.1. The SMILES string of the molecule is Cc1ccc(-c2ccc(C=Cc3cccc(F)c3F)cc2)c(F)c1. The highest BCUT2D eigenvalue weighted by molar-refractivity contribution is 5.72. The molecule has 0 atom stereocenters. The van der Waals surface area contributed by atoms with Gasteiger partial charge in [-0.25, -0.2) is 13.2 Å². The summed E-state index contributed by atoms with van der Waals surface area (Å²) in [7, 11) is 0. The van der Waals surface area contributed by atoms with Crippen molar-refractivity contribution in [2.45, 2.75) is 6.92 Å². The van der Waals surface area contributed by atoms with Crippen molar-refractivity contribution in [1.29, 1.82) is 0 Å². The van der Waals surface area contributed by atoms with E-state index in [4.69, 9.17) is 0 Å². The van der Waals surface area contributed by atoms with E-state index < -0.39 is 11.6 Å².